The van der Waals surface area contributed by atoms with E-state index in [1.165, 1.54) is 4.90 Å². The topological polar surface area (TPSA) is 49.9 Å². The van der Waals surface area contributed by atoms with Gasteiger partial charge < -0.3 is 0 Å². The van der Waals surface area contributed by atoms with E-state index in [9.17, 15) is 9.59 Å². The van der Waals surface area contributed by atoms with Crippen molar-refractivity contribution in [3.63, 3.8) is 0 Å². The number of nitrogens with zero attached hydrogens (tertiary/aromatic N) is 2. The molecular formula is C20H19BrN2O3. The van der Waals surface area contributed by atoms with Crippen LogP contribution < -0.4 is 9.96 Å². The van der Waals surface area contributed by atoms with E-state index in [4.69, 9.17) is 4.84 Å². The number of fused-ring (bicyclic) bond motifs is 1. The van der Waals surface area contributed by atoms with Crippen molar-refractivity contribution in [3.8, 4) is 0 Å². The Morgan fingerprint density at radius 3 is 2.38 bits per heavy atom. The van der Waals surface area contributed by atoms with Gasteiger partial charge >= 0.3 is 0 Å². The Bertz CT molecular complexity index is 842. The number of anilines is 2. The lowest BCUT2D eigenvalue weighted by Gasteiger charge is -2.28. The number of benzene rings is 2. The molecule has 0 aliphatic carbocycles. The summed E-state index contributed by atoms with van der Waals surface area (Å²) in [6, 6.07) is 16.8. The van der Waals surface area contributed by atoms with Crippen molar-refractivity contribution in [2.45, 2.75) is 31.9 Å². The monoisotopic (exact) mass is 414 g/mol. The molecule has 26 heavy (non-hydrogen) atoms. The summed E-state index contributed by atoms with van der Waals surface area (Å²) in [5.74, 6) is -0.982. The van der Waals surface area contributed by atoms with Crippen LogP contribution in [0.3, 0.4) is 0 Å². The summed E-state index contributed by atoms with van der Waals surface area (Å²) in [7, 11) is 0. The van der Waals surface area contributed by atoms with Crippen LogP contribution in [0.15, 0.2) is 59.1 Å². The molecule has 0 unspecified atom stereocenters. The molecule has 5 nitrogen and oxygen atoms in total. The van der Waals surface area contributed by atoms with Gasteiger partial charge in [0, 0.05) is 4.47 Å². The number of hydrogen-bond acceptors (Lipinski definition) is 4. The minimum absolute atomic E-state index is 0.156. The summed E-state index contributed by atoms with van der Waals surface area (Å²) in [5.41, 5.74) is 1.44. The molecule has 2 aromatic carbocycles. The average Bonchev–Trinajstić information content (AvgIpc) is 3.14. The Morgan fingerprint density at radius 1 is 1.00 bits per heavy atom. The molecule has 2 saturated heterocycles. The molecule has 2 aromatic rings. The van der Waals surface area contributed by atoms with Gasteiger partial charge in [-0.15, -0.1) is 0 Å². The first-order valence-electron chi connectivity index (χ1n) is 8.77. The lowest BCUT2D eigenvalue weighted by Crippen LogP contribution is -2.40. The van der Waals surface area contributed by atoms with Gasteiger partial charge in [0.25, 0.3) is 5.91 Å². The molecule has 2 aliphatic heterocycles. The van der Waals surface area contributed by atoms with E-state index in [0.29, 0.717) is 10.2 Å². The molecule has 0 aromatic heterocycles. The lowest BCUT2D eigenvalue weighted by atomic mass is 9.93. The van der Waals surface area contributed by atoms with Crippen molar-refractivity contribution in [2.75, 3.05) is 9.96 Å². The van der Waals surface area contributed by atoms with Gasteiger partial charge in [0.2, 0.25) is 5.91 Å². The standard InChI is InChI=1S/C20H19BrN2O3/c1-2-8-16-17-18(26-23(16)13-9-4-3-5-10-13)20(25)22(19(17)24)15-12-7-6-11-14(15)21/h3-7,9-12,16-18H,2,8H2,1H3/t16-,17+,18-/m0/s1. The SMILES string of the molecule is CCC[C@H]1[C@H]2C(=O)N(c3ccccc3Br)C(=O)[C@H]2ON1c1ccccc1. The first kappa shape index (κ1) is 17.2. The highest BCUT2D eigenvalue weighted by Crippen LogP contribution is 2.42. The molecule has 2 aliphatic rings. The maximum absolute atomic E-state index is 13.2. The zero-order valence-electron chi connectivity index (χ0n) is 14.3. The van der Waals surface area contributed by atoms with Gasteiger partial charge in [-0.1, -0.05) is 43.7 Å². The summed E-state index contributed by atoms with van der Waals surface area (Å²) < 4.78 is 0.716. The van der Waals surface area contributed by atoms with Crippen LogP contribution in [-0.4, -0.2) is 24.0 Å². The molecule has 6 heteroatoms. The molecule has 0 bridgehead atoms. The van der Waals surface area contributed by atoms with Gasteiger partial charge in [0.15, 0.2) is 6.10 Å². The molecule has 2 fully saturated rings. The molecule has 2 heterocycles. The van der Waals surface area contributed by atoms with Crippen LogP contribution in [-0.2, 0) is 14.4 Å². The smallest absolute Gasteiger partial charge is 0.266 e. The van der Waals surface area contributed by atoms with Crippen LogP contribution >= 0.6 is 15.9 Å². The fraction of sp³-hybridized carbons (Fsp3) is 0.300. The van der Waals surface area contributed by atoms with Crippen LogP contribution in [0.5, 0.6) is 0 Å². The predicted octanol–water partition coefficient (Wildman–Crippen LogP) is 3.93. The van der Waals surface area contributed by atoms with E-state index in [2.05, 4.69) is 22.9 Å². The van der Waals surface area contributed by atoms with Crippen molar-refractivity contribution in [2.24, 2.45) is 5.92 Å². The van der Waals surface area contributed by atoms with E-state index in [-0.39, 0.29) is 17.9 Å². The first-order valence-corrected chi connectivity index (χ1v) is 9.56. The van der Waals surface area contributed by atoms with Crippen molar-refractivity contribution < 1.29 is 14.4 Å². The Labute approximate surface area is 160 Å². The number of halogens is 1. The van der Waals surface area contributed by atoms with Gasteiger partial charge in [-0.25, -0.2) is 9.96 Å². The van der Waals surface area contributed by atoms with Gasteiger partial charge in [-0.3, -0.25) is 14.4 Å². The molecule has 0 spiro atoms. The normalized spacial score (nSPS) is 25.1. The van der Waals surface area contributed by atoms with E-state index < -0.39 is 12.0 Å². The molecule has 4 rings (SSSR count). The highest BCUT2D eigenvalue weighted by Gasteiger charge is 2.59. The number of hydroxylamine groups is 1. The Balaban J connectivity index is 1.70. The predicted molar refractivity (Wildman–Crippen MR) is 103 cm³/mol. The molecule has 0 radical (unpaired) electrons. The third-order valence-electron chi connectivity index (χ3n) is 4.93. The molecule has 0 saturated carbocycles. The third kappa shape index (κ3) is 2.64. The molecule has 134 valence electrons. The van der Waals surface area contributed by atoms with Crippen LogP contribution in [0.4, 0.5) is 11.4 Å². The number of carbonyl (C=O) groups is 2. The first-order chi connectivity index (χ1) is 12.6. The summed E-state index contributed by atoms with van der Waals surface area (Å²) in [6.07, 6.45) is 0.905. The van der Waals surface area contributed by atoms with Crippen molar-refractivity contribution >= 4 is 39.1 Å². The van der Waals surface area contributed by atoms with E-state index in [0.717, 1.165) is 18.5 Å². The van der Waals surface area contributed by atoms with Crippen molar-refractivity contribution in [3.05, 3.63) is 59.1 Å². The summed E-state index contributed by atoms with van der Waals surface area (Å²) in [4.78, 5) is 33.5. The van der Waals surface area contributed by atoms with Gasteiger partial charge in [0.1, 0.15) is 0 Å². The zero-order chi connectivity index (χ0) is 18.3. The van der Waals surface area contributed by atoms with E-state index in [1.54, 1.807) is 11.1 Å². The molecule has 0 N–H and O–H groups in total. The fourth-order valence-electron chi connectivity index (χ4n) is 3.78. The van der Waals surface area contributed by atoms with Gasteiger partial charge in [-0.2, -0.15) is 0 Å². The second-order valence-corrected chi connectivity index (χ2v) is 7.39. The van der Waals surface area contributed by atoms with Crippen LogP contribution in [0, 0.1) is 5.92 Å². The number of para-hydroxylation sites is 2. The Morgan fingerprint density at radius 2 is 1.69 bits per heavy atom. The zero-order valence-corrected chi connectivity index (χ0v) is 15.9. The maximum atomic E-state index is 13.2. The maximum Gasteiger partial charge on any atom is 0.266 e. The minimum atomic E-state index is -0.772. The quantitative estimate of drug-likeness (QED) is 0.711. The number of hydrogen-bond donors (Lipinski definition) is 0. The third-order valence-corrected chi connectivity index (χ3v) is 5.60. The summed E-state index contributed by atoms with van der Waals surface area (Å²) in [5, 5.41) is 1.76. The number of carbonyl (C=O) groups excluding carboxylic acids is 2. The average molecular weight is 415 g/mol. The molecule has 2 amide bonds. The summed E-state index contributed by atoms with van der Waals surface area (Å²) in [6.45, 7) is 2.07. The lowest BCUT2D eigenvalue weighted by molar-refractivity contribution is -0.126. The second-order valence-electron chi connectivity index (χ2n) is 6.53. The van der Waals surface area contributed by atoms with Crippen LogP contribution in [0.25, 0.3) is 0 Å². The number of imide groups is 1. The number of rotatable bonds is 4. The summed E-state index contributed by atoms with van der Waals surface area (Å²) >= 11 is 3.44. The van der Waals surface area contributed by atoms with Crippen LogP contribution in [0.1, 0.15) is 19.8 Å². The van der Waals surface area contributed by atoms with Gasteiger partial charge in [0.05, 0.1) is 23.3 Å². The minimum Gasteiger partial charge on any atom is -0.273 e. The van der Waals surface area contributed by atoms with Crippen molar-refractivity contribution in [1.29, 1.82) is 0 Å². The Hall–Kier alpha value is -2.18. The van der Waals surface area contributed by atoms with E-state index in [1.807, 2.05) is 48.5 Å². The Kier molecular flexibility index (Phi) is 4.54. The molecule has 3 atom stereocenters. The van der Waals surface area contributed by atoms with Gasteiger partial charge in [-0.05, 0) is 46.6 Å². The number of amides is 2. The highest BCUT2D eigenvalue weighted by molar-refractivity contribution is 9.10. The highest BCUT2D eigenvalue weighted by atomic mass is 79.9. The van der Waals surface area contributed by atoms with Crippen LogP contribution in [0.2, 0.25) is 0 Å². The van der Waals surface area contributed by atoms with Crippen molar-refractivity contribution in [1.82, 2.24) is 0 Å². The van der Waals surface area contributed by atoms with E-state index >= 15 is 0 Å². The second kappa shape index (κ2) is 6.85. The fourth-order valence-corrected chi connectivity index (χ4v) is 4.24. The molecular weight excluding hydrogens is 396 g/mol. The largest absolute Gasteiger partial charge is 0.273 e.